The fraction of sp³-hybridized carbons (Fsp3) is 0.545. The topological polar surface area (TPSA) is 102 Å². The van der Waals surface area contributed by atoms with Crippen LogP contribution in [-0.4, -0.2) is 32.3 Å². The molecule has 0 saturated carbocycles. The zero-order valence-electron chi connectivity index (χ0n) is 10.1. The second-order valence-electron chi connectivity index (χ2n) is 4.61. The van der Waals surface area contributed by atoms with Crippen LogP contribution in [0.3, 0.4) is 0 Å². The molecule has 18 heavy (non-hydrogen) atoms. The van der Waals surface area contributed by atoms with Crippen molar-refractivity contribution in [1.29, 1.82) is 0 Å². The van der Waals surface area contributed by atoms with E-state index < -0.39 is 28.6 Å². The average Bonchev–Trinajstić information content (AvgIpc) is 2.42. The summed E-state index contributed by atoms with van der Waals surface area (Å²) < 4.78 is 6.82. The number of aromatic nitrogens is 2. The summed E-state index contributed by atoms with van der Waals surface area (Å²) in [6, 6.07) is 0. The molecule has 0 saturated heterocycles. The standard InChI is InChI=1S/C11H14N2O5/c1-11(2)10-12-6(9(16)17)7(14)8(15)13(10)4-3-5-18-11/h14H,3-5H2,1-2H3,(H,16,17). The zero-order valence-corrected chi connectivity index (χ0v) is 10.1. The van der Waals surface area contributed by atoms with E-state index >= 15 is 0 Å². The predicted molar refractivity (Wildman–Crippen MR) is 60.7 cm³/mol. The minimum atomic E-state index is -1.44. The van der Waals surface area contributed by atoms with Crippen molar-refractivity contribution < 1.29 is 19.7 Å². The molecule has 0 spiro atoms. The van der Waals surface area contributed by atoms with Crippen molar-refractivity contribution in [1.82, 2.24) is 9.55 Å². The monoisotopic (exact) mass is 254 g/mol. The van der Waals surface area contributed by atoms with Gasteiger partial charge in [0.15, 0.2) is 5.69 Å². The lowest BCUT2D eigenvalue weighted by Gasteiger charge is -2.24. The van der Waals surface area contributed by atoms with E-state index in [2.05, 4.69) is 4.98 Å². The number of aromatic hydroxyl groups is 1. The highest BCUT2D eigenvalue weighted by Gasteiger charge is 2.32. The molecular formula is C11H14N2O5. The van der Waals surface area contributed by atoms with Crippen molar-refractivity contribution in [3.05, 3.63) is 21.9 Å². The van der Waals surface area contributed by atoms with Crippen LogP contribution < -0.4 is 5.56 Å². The first-order chi connectivity index (χ1) is 8.34. The van der Waals surface area contributed by atoms with Gasteiger partial charge >= 0.3 is 5.97 Å². The molecule has 0 aromatic carbocycles. The summed E-state index contributed by atoms with van der Waals surface area (Å²) in [5.41, 5.74) is -2.24. The van der Waals surface area contributed by atoms with Gasteiger partial charge in [0, 0.05) is 13.2 Å². The molecule has 1 aromatic heterocycles. The number of carboxylic acids is 1. The number of rotatable bonds is 1. The second kappa shape index (κ2) is 4.09. The van der Waals surface area contributed by atoms with E-state index in [9.17, 15) is 14.7 Å². The number of hydrogen-bond acceptors (Lipinski definition) is 5. The molecule has 0 amide bonds. The Morgan fingerprint density at radius 1 is 1.50 bits per heavy atom. The van der Waals surface area contributed by atoms with Gasteiger partial charge < -0.3 is 14.9 Å². The Bertz CT molecular complexity index is 561. The van der Waals surface area contributed by atoms with Crippen LogP contribution in [0.2, 0.25) is 0 Å². The van der Waals surface area contributed by atoms with Crippen LogP contribution in [0.5, 0.6) is 5.75 Å². The first-order valence-electron chi connectivity index (χ1n) is 5.56. The van der Waals surface area contributed by atoms with Crippen molar-refractivity contribution in [2.45, 2.75) is 32.4 Å². The molecule has 1 aliphatic rings. The largest absolute Gasteiger partial charge is 0.501 e. The van der Waals surface area contributed by atoms with Gasteiger partial charge in [0.05, 0.1) is 0 Å². The molecular weight excluding hydrogens is 240 g/mol. The number of hydrogen-bond donors (Lipinski definition) is 2. The second-order valence-corrected chi connectivity index (χ2v) is 4.61. The van der Waals surface area contributed by atoms with E-state index in [4.69, 9.17) is 9.84 Å². The third-order valence-corrected chi connectivity index (χ3v) is 2.88. The van der Waals surface area contributed by atoms with E-state index in [-0.39, 0.29) is 5.82 Å². The quantitative estimate of drug-likeness (QED) is 0.747. The summed E-state index contributed by atoms with van der Waals surface area (Å²) in [5, 5.41) is 18.5. The van der Waals surface area contributed by atoms with E-state index in [1.54, 1.807) is 13.8 Å². The molecule has 7 nitrogen and oxygen atoms in total. The number of fused-ring (bicyclic) bond motifs is 1. The van der Waals surface area contributed by atoms with Crippen LogP contribution >= 0.6 is 0 Å². The fourth-order valence-corrected chi connectivity index (χ4v) is 1.98. The molecule has 2 N–H and O–H groups in total. The van der Waals surface area contributed by atoms with E-state index in [0.717, 1.165) is 0 Å². The van der Waals surface area contributed by atoms with Crippen LogP contribution in [0.15, 0.2) is 4.79 Å². The van der Waals surface area contributed by atoms with Gasteiger partial charge in [-0.25, -0.2) is 9.78 Å². The normalized spacial score (nSPS) is 17.9. The smallest absolute Gasteiger partial charge is 0.358 e. The number of carboxylic acid groups (broad SMARTS) is 1. The summed E-state index contributed by atoms with van der Waals surface area (Å²) >= 11 is 0. The number of aromatic carboxylic acids is 1. The van der Waals surface area contributed by atoms with Gasteiger partial charge in [-0.3, -0.25) is 9.36 Å². The molecule has 1 aromatic rings. The van der Waals surface area contributed by atoms with Gasteiger partial charge in [-0.1, -0.05) is 0 Å². The first-order valence-corrected chi connectivity index (χ1v) is 5.56. The molecule has 98 valence electrons. The summed E-state index contributed by atoms with van der Waals surface area (Å²) in [6.45, 7) is 4.20. The first kappa shape index (κ1) is 12.6. The molecule has 0 aliphatic carbocycles. The number of ether oxygens (including phenoxy) is 1. The van der Waals surface area contributed by atoms with Crippen LogP contribution in [0, 0.1) is 0 Å². The van der Waals surface area contributed by atoms with Crippen molar-refractivity contribution in [3.63, 3.8) is 0 Å². The molecule has 7 heteroatoms. The Hall–Kier alpha value is -1.89. The third-order valence-electron chi connectivity index (χ3n) is 2.88. The summed E-state index contributed by atoms with van der Waals surface area (Å²) in [5.74, 6) is -2.04. The molecule has 0 unspecified atom stereocenters. The Kier molecular flexibility index (Phi) is 2.86. The lowest BCUT2D eigenvalue weighted by Crippen LogP contribution is -2.34. The zero-order chi connectivity index (χ0) is 13.5. The lowest BCUT2D eigenvalue weighted by molar-refractivity contribution is -0.0228. The van der Waals surface area contributed by atoms with Gasteiger partial charge in [-0.15, -0.1) is 0 Å². The van der Waals surface area contributed by atoms with E-state index in [1.807, 2.05) is 0 Å². The van der Waals surface area contributed by atoms with E-state index in [1.165, 1.54) is 4.57 Å². The Morgan fingerprint density at radius 2 is 2.17 bits per heavy atom. The van der Waals surface area contributed by atoms with Crippen LogP contribution in [0.4, 0.5) is 0 Å². The lowest BCUT2D eigenvalue weighted by atomic mass is 10.1. The maximum Gasteiger partial charge on any atom is 0.358 e. The molecule has 0 atom stereocenters. The van der Waals surface area contributed by atoms with Crippen molar-refractivity contribution in [3.8, 4) is 5.75 Å². The van der Waals surface area contributed by atoms with Gasteiger partial charge in [-0.2, -0.15) is 0 Å². The number of carbonyl (C=O) groups is 1. The Labute approximate surface area is 103 Å². The fourth-order valence-electron chi connectivity index (χ4n) is 1.98. The maximum atomic E-state index is 11.9. The Balaban J connectivity index is 2.77. The molecule has 0 fully saturated rings. The van der Waals surface area contributed by atoms with Crippen LogP contribution in [0.25, 0.3) is 0 Å². The molecule has 0 bridgehead atoms. The van der Waals surface area contributed by atoms with Gasteiger partial charge in [0.2, 0.25) is 5.75 Å². The molecule has 1 aliphatic heterocycles. The van der Waals surface area contributed by atoms with Gasteiger partial charge in [0.25, 0.3) is 5.56 Å². The van der Waals surface area contributed by atoms with Gasteiger partial charge in [-0.05, 0) is 20.3 Å². The minimum Gasteiger partial charge on any atom is -0.501 e. The predicted octanol–water partition coefficient (Wildman–Crippen LogP) is 0.303. The summed E-state index contributed by atoms with van der Waals surface area (Å²) in [7, 11) is 0. The maximum absolute atomic E-state index is 11.9. The van der Waals surface area contributed by atoms with Crippen LogP contribution in [0.1, 0.15) is 36.6 Å². The highest BCUT2D eigenvalue weighted by Crippen LogP contribution is 2.26. The third kappa shape index (κ3) is 1.86. The van der Waals surface area contributed by atoms with E-state index in [0.29, 0.717) is 19.6 Å². The SMILES string of the molecule is CC1(C)OCCCn2c1nc(C(=O)O)c(O)c2=O. The van der Waals surface area contributed by atoms with Crippen molar-refractivity contribution in [2.75, 3.05) is 6.61 Å². The minimum absolute atomic E-state index is 0.222. The summed E-state index contributed by atoms with van der Waals surface area (Å²) in [4.78, 5) is 26.8. The highest BCUT2D eigenvalue weighted by molar-refractivity contribution is 5.88. The van der Waals surface area contributed by atoms with Gasteiger partial charge in [0.1, 0.15) is 11.4 Å². The Morgan fingerprint density at radius 3 is 2.78 bits per heavy atom. The molecule has 2 rings (SSSR count). The van der Waals surface area contributed by atoms with Crippen molar-refractivity contribution >= 4 is 5.97 Å². The van der Waals surface area contributed by atoms with Crippen LogP contribution in [-0.2, 0) is 16.9 Å². The highest BCUT2D eigenvalue weighted by atomic mass is 16.5. The van der Waals surface area contributed by atoms with Crippen molar-refractivity contribution in [2.24, 2.45) is 0 Å². The molecule has 2 heterocycles. The summed E-state index contributed by atoms with van der Waals surface area (Å²) in [6.07, 6.45) is 0.601. The average molecular weight is 254 g/mol. The molecule has 0 radical (unpaired) electrons. The number of nitrogens with zero attached hydrogens (tertiary/aromatic N) is 2.